The normalized spacial score (nSPS) is 11.9. The number of hydrogen-bond donors (Lipinski definition) is 1. The summed E-state index contributed by atoms with van der Waals surface area (Å²) in [5.41, 5.74) is -0.480. The molecule has 0 aliphatic rings. The highest BCUT2D eigenvalue weighted by Crippen LogP contribution is 2.31. The quantitative estimate of drug-likeness (QED) is 0.676. The van der Waals surface area contributed by atoms with Crippen LogP contribution in [0.4, 0.5) is 17.6 Å². The second kappa shape index (κ2) is 6.26. The van der Waals surface area contributed by atoms with Gasteiger partial charge in [0.15, 0.2) is 0 Å². The van der Waals surface area contributed by atoms with Gasteiger partial charge in [0.05, 0.1) is 11.3 Å². The van der Waals surface area contributed by atoms with Gasteiger partial charge < -0.3 is 5.32 Å². The number of nitrogens with one attached hydrogen (secondary N) is 1. The molecule has 0 saturated heterocycles. The lowest BCUT2D eigenvalue weighted by Gasteiger charge is -2.09. The number of aromatic nitrogens is 2. The Morgan fingerprint density at radius 1 is 1.24 bits per heavy atom. The third-order valence-corrected chi connectivity index (χ3v) is 2.90. The van der Waals surface area contributed by atoms with E-state index in [1.54, 1.807) is 6.07 Å². The molecule has 0 unspecified atom stereocenters. The summed E-state index contributed by atoms with van der Waals surface area (Å²) in [6.07, 6.45) is -2.11. The van der Waals surface area contributed by atoms with Gasteiger partial charge >= 0.3 is 6.18 Å². The molecule has 0 bridgehead atoms. The van der Waals surface area contributed by atoms with Crippen molar-refractivity contribution in [2.45, 2.75) is 26.1 Å². The van der Waals surface area contributed by atoms with Crippen molar-refractivity contribution in [2.24, 2.45) is 0 Å². The smallest absolute Gasteiger partial charge is 0.311 e. The SMILES string of the molecule is CCCNCc1ccn(-c2cc(C(F)(F)F)ccc2F)n1. The fourth-order valence-electron chi connectivity index (χ4n) is 1.85. The van der Waals surface area contributed by atoms with Crippen molar-refractivity contribution in [3.8, 4) is 5.69 Å². The number of benzene rings is 1. The maximum atomic E-state index is 13.7. The van der Waals surface area contributed by atoms with Crippen molar-refractivity contribution < 1.29 is 17.6 Å². The predicted molar refractivity (Wildman–Crippen MR) is 70.5 cm³/mol. The first-order chi connectivity index (χ1) is 9.91. The van der Waals surface area contributed by atoms with Gasteiger partial charge in [0.1, 0.15) is 11.5 Å². The molecule has 2 rings (SSSR count). The van der Waals surface area contributed by atoms with Crippen LogP contribution in [-0.4, -0.2) is 16.3 Å². The molecule has 21 heavy (non-hydrogen) atoms. The van der Waals surface area contributed by atoms with Crippen LogP contribution in [0.15, 0.2) is 30.5 Å². The average molecular weight is 301 g/mol. The summed E-state index contributed by atoms with van der Waals surface area (Å²) < 4.78 is 52.8. The van der Waals surface area contributed by atoms with Crippen LogP contribution in [0.3, 0.4) is 0 Å². The van der Waals surface area contributed by atoms with Crippen molar-refractivity contribution in [1.82, 2.24) is 15.1 Å². The summed E-state index contributed by atoms with van der Waals surface area (Å²) in [6.45, 7) is 3.32. The fourth-order valence-corrected chi connectivity index (χ4v) is 1.85. The van der Waals surface area contributed by atoms with E-state index in [1.807, 2.05) is 6.92 Å². The molecule has 0 saturated carbocycles. The Kier molecular flexibility index (Phi) is 4.62. The fraction of sp³-hybridized carbons (Fsp3) is 0.357. The van der Waals surface area contributed by atoms with E-state index in [9.17, 15) is 17.6 Å². The number of nitrogens with zero attached hydrogens (tertiary/aromatic N) is 2. The highest BCUT2D eigenvalue weighted by molar-refractivity contribution is 5.38. The molecule has 0 radical (unpaired) electrons. The molecule has 1 heterocycles. The summed E-state index contributed by atoms with van der Waals surface area (Å²) in [7, 11) is 0. The van der Waals surface area contributed by atoms with E-state index < -0.39 is 17.6 Å². The molecule has 0 spiro atoms. The van der Waals surface area contributed by atoms with Gasteiger partial charge in [-0.25, -0.2) is 9.07 Å². The van der Waals surface area contributed by atoms with Gasteiger partial charge in [-0.1, -0.05) is 6.92 Å². The average Bonchev–Trinajstić information content (AvgIpc) is 2.87. The summed E-state index contributed by atoms with van der Waals surface area (Å²) in [5.74, 6) is -0.751. The van der Waals surface area contributed by atoms with Crippen molar-refractivity contribution in [3.05, 3.63) is 47.5 Å². The molecule has 0 amide bonds. The second-order valence-corrected chi connectivity index (χ2v) is 4.59. The summed E-state index contributed by atoms with van der Waals surface area (Å²) in [6, 6.07) is 3.91. The van der Waals surface area contributed by atoms with Crippen LogP contribution in [0.25, 0.3) is 5.69 Å². The molecule has 0 atom stereocenters. The van der Waals surface area contributed by atoms with Crippen molar-refractivity contribution in [2.75, 3.05) is 6.54 Å². The van der Waals surface area contributed by atoms with Crippen LogP contribution in [0.5, 0.6) is 0 Å². The molecule has 0 fully saturated rings. The zero-order valence-corrected chi connectivity index (χ0v) is 11.4. The zero-order valence-electron chi connectivity index (χ0n) is 11.4. The first-order valence-corrected chi connectivity index (χ1v) is 6.54. The Bertz CT molecular complexity index is 605. The molecule has 0 aliphatic heterocycles. The minimum atomic E-state index is -4.51. The Hall–Kier alpha value is -1.89. The lowest BCUT2D eigenvalue weighted by atomic mass is 10.2. The lowest BCUT2D eigenvalue weighted by Crippen LogP contribution is -2.14. The van der Waals surface area contributed by atoms with Crippen LogP contribution >= 0.6 is 0 Å². The summed E-state index contributed by atoms with van der Waals surface area (Å²) >= 11 is 0. The lowest BCUT2D eigenvalue weighted by molar-refractivity contribution is -0.137. The van der Waals surface area contributed by atoms with Gasteiger partial charge in [0.25, 0.3) is 0 Å². The van der Waals surface area contributed by atoms with Crippen LogP contribution in [0.1, 0.15) is 24.6 Å². The zero-order chi connectivity index (χ0) is 15.5. The van der Waals surface area contributed by atoms with Gasteiger partial charge in [-0.05, 0) is 37.2 Å². The van der Waals surface area contributed by atoms with E-state index in [2.05, 4.69) is 10.4 Å². The molecular formula is C14H15F4N3. The van der Waals surface area contributed by atoms with E-state index in [0.717, 1.165) is 29.8 Å². The maximum Gasteiger partial charge on any atom is 0.416 e. The Balaban J connectivity index is 2.25. The number of halogens is 4. The molecular weight excluding hydrogens is 286 g/mol. The monoisotopic (exact) mass is 301 g/mol. The summed E-state index contributed by atoms with van der Waals surface area (Å²) in [4.78, 5) is 0. The van der Waals surface area contributed by atoms with Gasteiger partial charge in [-0.2, -0.15) is 18.3 Å². The number of hydrogen-bond acceptors (Lipinski definition) is 2. The van der Waals surface area contributed by atoms with Crippen LogP contribution in [-0.2, 0) is 12.7 Å². The molecule has 0 aliphatic carbocycles. The minimum absolute atomic E-state index is 0.216. The Labute approximate surface area is 119 Å². The molecule has 2 aromatic rings. The van der Waals surface area contributed by atoms with Crippen LogP contribution < -0.4 is 5.32 Å². The number of rotatable bonds is 5. The second-order valence-electron chi connectivity index (χ2n) is 4.59. The van der Waals surface area contributed by atoms with E-state index in [0.29, 0.717) is 18.3 Å². The van der Waals surface area contributed by atoms with E-state index in [4.69, 9.17) is 0 Å². The molecule has 1 aromatic heterocycles. The van der Waals surface area contributed by atoms with Crippen molar-refractivity contribution >= 4 is 0 Å². The Morgan fingerprint density at radius 3 is 2.67 bits per heavy atom. The first-order valence-electron chi connectivity index (χ1n) is 6.54. The molecule has 1 N–H and O–H groups in total. The van der Waals surface area contributed by atoms with E-state index >= 15 is 0 Å². The van der Waals surface area contributed by atoms with Gasteiger partial charge in [-0.15, -0.1) is 0 Å². The van der Waals surface area contributed by atoms with E-state index in [-0.39, 0.29) is 5.69 Å². The topological polar surface area (TPSA) is 29.9 Å². The Morgan fingerprint density at radius 2 is 2.00 bits per heavy atom. The van der Waals surface area contributed by atoms with Crippen molar-refractivity contribution in [3.63, 3.8) is 0 Å². The molecule has 3 nitrogen and oxygen atoms in total. The van der Waals surface area contributed by atoms with Crippen molar-refractivity contribution in [1.29, 1.82) is 0 Å². The minimum Gasteiger partial charge on any atom is -0.311 e. The van der Waals surface area contributed by atoms with Crippen LogP contribution in [0.2, 0.25) is 0 Å². The van der Waals surface area contributed by atoms with Gasteiger partial charge in [0.2, 0.25) is 0 Å². The van der Waals surface area contributed by atoms with E-state index in [1.165, 1.54) is 6.20 Å². The number of alkyl halides is 3. The third-order valence-electron chi connectivity index (χ3n) is 2.90. The first kappa shape index (κ1) is 15.5. The molecule has 7 heteroatoms. The molecule has 114 valence electrons. The van der Waals surface area contributed by atoms with Gasteiger partial charge in [0, 0.05) is 12.7 Å². The predicted octanol–water partition coefficient (Wildman–Crippen LogP) is 3.53. The standard InChI is InChI=1S/C14H15F4N3/c1-2-6-19-9-11-5-7-21(20-11)13-8-10(14(16,17)18)3-4-12(13)15/h3-5,7-8,19H,2,6,9H2,1H3. The highest BCUT2D eigenvalue weighted by atomic mass is 19.4. The van der Waals surface area contributed by atoms with Crippen LogP contribution in [0, 0.1) is 5.82 Å². The highest BCUT2D eigenvalue weighted by Gasteiger charge is 2.31. The third kappa shape index (κ3) is 3.81. The largest absolute Gasteiger partial charge is 0.416 e. The molecule has 1 aromatic carbocycles. The maximum absolute atomic E-state index is 13.7. The van der Waals surface area contributed by atoms with Gasteiger partial charge in [-0.3, -0.25) is 0 Å². The summed E-state index contributed by atoms with van der Waals surface area (Å²) in [5, 5.41) is 7.20.